The fourth-order valence-corrected chi connectivity index (χ4v) is 1.81. The maximum atomic E-state index is 5.84. The van der Waals surface area contributed by atoms with Crippen LogP contribution in [0.3, 0.4) is 0 Å². The van der Waals surface area contributed by atoms with Crippen molar-refractivity contribution in [1.29, 1.82) is 0 Å². The summed E-state index contributed by atoms with van der Waals surface area (Å²) in [7, 11) is 0. The zero-order valence-electron chi connectivity index (χ0n) is 7.30. The van der Waals surface area contributed by atoms with Crippen LogP contribution in [-0.4, -0.2) is 12.5 Å². The van der Waals surface area contributed by atoms with E-state index in [4.69, 9.17) is 11.6 Å². The third-order valence-corrected chi connectivity index (χ3v) is 2.81. The first-order chi connectivity index (χ1) is 5.74. The Morgan fingerprint density at radius 1 is 1.58 bits per heavy atom. The smallest absolute Gasteiger partial charge is 0.0946 e. The van der Waals surface area contributed by atoms with Gasteiger partial charge in [0.2, 0.25) is 0 Å². The molecule has 0 amide bonds. The summed E-state index contributed by atoms with van der Waals surface area (Å²) in [5, 5.41) is 1.84. The largest absolute Gasteiger partial charge is 0.248 e. The molecule has 1 heterocycles. The number of halogens is 1. The summed E-state index contributed by atoms with van der Waals surface area (Å²) in [6.07, 6.45) is 7.83. The third-order valence-electron chi connectivity index (χ3n) is 1.72. The van der Waals surface area contributed by atoms with Crippen molar-refractivity contribution in [3.05, 3.63) is 21.7 Å². The number of hydrogen-bond donors (Lipinski definition) is 0. The van der Waals surface area contributed by atoms with E-state index in [0.29, 0.717) is 0 Å². The van der Waals surface area contributed by atoms with Gasteiger partial charge in [-0.05, 0) is 31.6 Å². The summed E-state index contributed by atoms with van der Waals surface area (Å²) in [6, 6.07) is 0. The number of hydrogen-bond acceptors (Lipinski definition) is 2. The van der Waals surface area contributed by atoms with Crippen LogP contribution in [0, 0.1) is 0 Å². The van der Waals surface area contributed by atoms with E-state index in [0.717, 1.165) is 22.9 Å². The van der Waals surface area contributed by atoms with Crippen LogP contribution in [0.2, 0.25) is 0 Å². The first-order valence-electron chi connectivity index (χ1n) is 3.87. The Labute approximate surface area is 82.6 Å². The van der Waals surface area contributed by atoms with E-state index >= 15 is 0 Å². The number of allylic oxidation sites excluding steroid dienone is 3. The first-order valence-corrected chi connectivity index (χ1v) is 5.48. The van der Waals surface area contributed by atoms with Gasteiger partial charge in [-0.1, -0.05) is 17.7 Å². The second-order valence-corrected chi connectivity index (χ2v) is 3.91. The van der Waals surface area contributed by atoms with Crippen molar-refractivity contribution in [1.82, 2.24) is 0 Å². The molecule has 1 rings (SSSR count). The monoisotopic (exact) mass is 201 g/mol. The molecule has 0 aromatic rings. The van der Waals surface area contributed by atoms with E-state index in [9.17, 15) is 0 Å². The van der Waals surface area contributed by atoms with Crippen LogP contribution in [0.15, 0.2) is 26.7 Å². The van der Waals surface area contributed by atoms with Crippen molar-refractivity contribution in [2.45, 2.75) is 19.8 Å². The van der Waals surface area contributed by atoms with Gasteiger partial charge >= 0.3 is 0 Å². The number of nitrogens with zero attached hydrogens (tertiary/aromatic N) is 1. The second-order valence-electron chi connectivity index (χ2n) is 2.68. The van der Waals surface area contributed by atoms with Crippen molar-refractivity contribution < 1.29 is 0 Å². The predicted octanol–water partition coefficient (Wildman–Crippen LogP) is 3.57. The molecule has 0 aromatic heterocycles. The maximum Gasteiger partial charge on any atom is 0.0946 e. The van der Waals surface area contributed by atoms with Crippen LogP contribution in [0.25, 0.3) is 0 Å². The summed E-state index contributed by atoms with van der Waals surface area (Å²) in [6.45, 7) is 2.12. The molecule has 1 aliphatic heterocycles. The maximum absolute atomic E-state index is 5.84. The topological polar surface area (TPSA) is 12.4 Å². The number of aliphatic imine (C=N–C) groups is 1. The lowest BCUT2D eigenvalue weighted by atomic mass is 10.1. The van der Waals surface area contributed by atoms with Gasteiger partial charge in [0.25, 0.3) is 0 Å². The Morgan fingerprint density at radius 2 is 2.33 bits per heavy atom. The lowest BCUT2D eigenvalue weighted by molar-refractivity contribution is 0.964. The van der Waals surface area contributed by atoms with Crippen molar-refractivity contribution in [2.24, 2.45) is 4.99 Å². The fourth-order valence-electron chi connectivity index (χ4n) is 1.04. The lowest BCUT2D eigenvalue weighted by Crippen LogP contribution is -1.87. The Hall–Kier alpha value is -0.210. The molecule has 0 radical (unpaired) electrons. The van der Waals surface area contributed by atoms with Gasteiger partial charge in [-0.25, -0.2) is 4.99 Å². The fraction of sp³-hybridized carbons (Fsp3) is 0.444. The molecule has 0 saturated carbocycles. The highest BCUT2D eigenvalue weighted by atomic mass is 35.5. The second kappa shape index (κ2) is 4.73. The third kappa shape index (κ3) is 2.68. The van der Waals surface area contributed by atoms with E-state index in [1.165, 1.54) is 5.57 Å². The van der Waals surface area contributed by atoms with Gasteiger partial charge in [-0.2, -0.15) is 0 Å². The normalized spacial score (nSPS) is 23.1. The van der Waals surface area contributed by atoms with Crippen LogP contribution in [0.1, 0.15) is 19.8 Å². The van der Waals surface area contributed by atoms with Crippen molar-refractivity contribution >= 4 is 29.6 Å². The molecule has 0 N–H and O–H groups in total. The van der Waals surface area contributed by atoms with E-state index in [2.05, 4.69) is 11.9 Å². The standard InChI is InChI=1S/C9H12ClNS/c1-7-4-3-5-8(10)6-11-9(7)12-2/h5-6H,3-4H2,1-2H3/b8-5-,9-7?,11-6?. The first kappa shape index (κ1) is 9.87. The molecule has 0 saturated heterocycles. The molecule has 0 unspecified atom stereocenters. The van der Waals surface area contributed by atoms with E-state index in [1.54, 1.807) is 18.0 Å². The zero-order chi connectivity index (χ0) is 8.97. The van der Waals surface area contributed by atoms with Crippen LogP contribution < -0.4 is 0 Å². The minimum absolute atomic E-state index is 0.744. The van der Waals surface area contributed by atoms with Crippen LogP contribution in [-0.2, 0) is 0 Å². The van der Waals surface area contributed by atoms with Crippen LogP contribution >= 0.6 is 23.4 Å². The molecule has 0 aromatic carbocycles. The summed E-state index contributed by atoms with van der Waals surface area (Å²) in [5.74, 6) is 0. The molecular formula is C9H12ClNS. The lowest BCUT2D eigenvalue weighted by Gasteiger charge is -2.06. The molecule has 0 fully saturated rings. The average molecular weight is 202 g/mol. The number of rotatable bonds is 1. The summed E-state index contributed by atoms with van der Waals surface area (Å²) in [4.78, 5) is 4.28. The molecule has 0 bridgehead atoms. The molecule has 12 heavy (non-hydrogen) atoms. The summed E-state index contributed by atoms with van der Waals surface area (Å²) < 4.78 is 0. The Balaban J connectivity index is 2.87. The molecule has 1 nitrogen and oxygen atoms in total. The van der Waals surface area contributed by atoms with Gasteiger partial charge in [-0.3, -0.25) is 0 Å². The Bertz CT molecular complexity index is 253. The van der Waals surface area contributed by atoms with Gasteiger partial charge in [0.1, 0.15) is 0 Å². The molecule has 66 valence electrons. The number of thioether (sulfide) groups is 1. The molecule has 3 heteroatoms. The van der Waals surface area contributed by atoms with Gasteiger partial charge < -0.3 is 0 Å². The van der Waals surface area contributed by atoms with Gasteiger partial charge in [-0.15, -0.1) is 11.8 Å². The highest BCUT2D eigenvalue weighted by Crippen LogP contribution is 2.23. The van der Waals surface area contributed by atoms with Crippen molar-refractivity contribution in [3.63, 3.8) is 0 Å². The molecule has 0 aliphatic carbocycles. The Kier molecular flexibility index (Phi) is 3.89. The minimum Gasteiger partial charge on any atom is -0.248 e. The van der Waals surface area contributed by atoms with Crippen LogP contribution in [0.5, 0.6) is 0 Å². The molecule has 1 aliphatic rings. The van der Waals surface area contributed by atoms with E-state index in [1.807, 2.05) is 12.3 Å². The average Bonchev–Trinajstić information content (AvgIpc) is 2.03. The van der Waals surface area contributed by atoms with Gasteiger partial charge in [0, 0.05) is 6.21 Å². The minimum atomic E-state index is 0.744. The summed E-state index contributed by atoms with van der Waals surface area (Å²) in [5.41, 5.74) is 1.35. The highest BCUT2D eigenvalue weighted by Gasteiger charge is 2.01. The SMILES string of the molecule is CSC1=C(C)CC/C=C(\Cl)C=N1. The Morgan fingerprint density at radius 3 is 3.00 bits per heavy atom. The van der Waals surface area contributed by atoms with E-state index < -0.39 is 0 Å². The highest BCUT2D eigenvalue weighted by molar-refractivity contribution is 8.02. The molecular weight excluding hydrogens is 190 g/mol. The van der Waals surface area contributed by atoms with Gasteiger partial charge in [0.05, 0.1) is 10.1 Å². The van der Waals surface area contributed by atoms with Crippen molar-refractivity contribution in [3.8, 4) is 0 Å². The zero-order valence-corrected chi connectivity index (χ0v) is 8.87. The molecule has 0 spiro atoms. The van der Waals surface area contributed by atoms with E-state index in [-0.39, 0.29) is 0 Å². The quantitative estimate of drug-likeness (QED) is 0.632. The van der Waals surface area contributed by atoms with Crippen LogP contribution in [0.4, 0.5) is 0 Å². The van der Waals surface area contributed by atoms with Crippen molar-refractivity contribution in [2.75, 3.05) is 6.26 Å². The molecule has 0 atom stereocenters. The van der Waals surface area contributed by atoms with Gasteiger partial charge in [0.15, 0.2) is 0 Å². The predicted molar refractivity (Wildman–Crippen MR) is 57.9 cm³/mol. The summed E-state index contributed by atoms with van der Waals surface area (Å²) >= 11 is 7.52.